The van der Waals surface area contributed by atoms with Gasteiger partial charge in [0.15, 0.2) is 0 Å². The molecule has 1 aliphatic rings. The van der Waals surface area contributed by atoms with Gasteiger partial charge in [0.25, 0.3) is 5.56 Å². The van der Waals surface area contributed by atoms with Crippen LogP contribution in [0.25, 0.3) is 10.9 Å². The van der Waals surface area contributed by atoms with Crippen LogP contribution in [0, 0.1) is 11.3 Å². The lowest BCUT2D eigenvalue weighted by Crippen LogP contribution is -2.35. The summed E-state index contributed by atoms with van der Waals surface area (Å²) in [6.07, 6.45) is 4.36. The molecule has 0 spiro atoms. The van der Waals surface area contributed by atoms with Crippen LogP contribution in [0.15, 0.2) is 29.1 Å². The van der Waals surface area contributed by atoms with E-state index in [1.807, 2.05) is 6.92 Å². The maximum atomic E-state index is 13.0. The van der Waals surface area contributed by atoms with Crippen LogP contribution in [0.1, 0.15) is 48.2 Å². The molecule has 3 aromatic rings. The summed E-state index contributed by atoms with van der Waals surface area (Å²) in [6.45, 7) is 1.82. The number of aromatic nitrogens is 3. The first-order valence-electron chi connectivity index (χ1n) is 9.33. The molecular formula is C20H19N5O2S. The van der Waals surface area contributed by atoms with Crippen molar-refractivity contribution in [1.82, 2.24) is 15.0 Å². The molecule has 142 valence electrons. The number of benzene rings is 1. The van der Waals surface area contributed by atoms with E-state index < -0.39 is 6.04 Å². The molecule has 1 aliphatic carbocycles. The zero-order valence-electron chi connectivity index (χ0n) is 15.4. The second kappa shape index (κ2) is 7.52. The summed E-state index contributed by atoms with van der Waals surface area (Å²) >= 11 is 1.47. The van der Waals surface area contributed by atoms with Crippen LogP contribution in [-0.2, 0) is 17.6 Å². The summed E-state index contributed by atoms with van der Waals surface area (Å²) < 4.78 is 1.14. The Bertz CT molecular complexity index is 1160. The predicted molar refractivity (Wildman–Crippen MR) is 107 cm³/mol. The van der Waals surface area contributed by atoms with Gasteiger partial charge >= 0.3 is 0 Å². The smallest absolute Gasteiger partial charge is 0.278 e. The van der Waals surface area contributed by atoms with Gasteiger partial charge in [0.2, 0.25) is 5.91 Å². The Hall–Kier alpha value is -3.05. The van der Waals surface area contributed by atoms with Crippen LogP contribution in [-0.4, -0.2) is 20.9 Å². The number of fused-ring (bicyclic) bond motifs is 2. The van der Waals surface area contributed by atoms with E-state index in [0.29, 0.717) is 27.9 Å². The van der Waals surface area contributed by atoms with Crippen LogP contribution in [0.4, 0.5) is 5.00 Å². The molecule has 0 saturated heterocycles. The van der Waals surface area contributed by atoms with Crippen LogP contribution < -0.4 is 10.9 Å². The number of nitrogens with zero attached hydrogens (tertiary/aromatic N) is 4. The molecule has 0 fully saturated rings. The van der Waals surface area contributed by atoms with Gasteiger partial charge in [-0.3, -0.25) is 9.59 Å². The van der Waals surface area contributed by atoms with E-state index in [9.17, 15) is 14.9 Å². The van der Waals surface area contributed by atoms with E-state index >= 15 is 0 Å². The molecule has 7 nitrogen and oxygen atoms in total. The van der Waals surface area contributed by atoms with Crippen molar-refractivity contribution in [2.75, 3.05) is 5.32 Å². The average molecular weight is 393 g/mol. The van der Waals surface area contributed by atoms with E-state index in [1.165, 1.54) is 16.2 Å². The molecule has 0 radical (unpaired) electrons. The molecule has 4 rings (SSSR count). The molecule has 1 N–H and O–H groups in total. The summed E-state index contributed by atoms with van der Waals surface area (Å²) in [5.74, 6) is -0.357. The zero-order chi connectivity index (χ0) is 19.7. The fourth-order valence-corrected chi connectivity index (χ4v) is 4.89. The number of thiophene rings is 1. The lowest BCUT2D eigenvalue weighted by Gasteiger charge is -2.16. The van der Waals surface area contributed by atoms with Crippen molar-refractivity contribution in [1.29, 1.82) is 5.26 Å². The minimum atomic E-state index is -0.796. The maximum Gasteiger partial charge on any atom is 0.278 e. The van der Waals surface area contributed by atoms with E-state index in [-0.39, 0.29) is 11.5 Å². The van der Waals surface area contributed by atoms with Gasteiger partial charge in [-0.1, -0.05) is 24.3 Å². The lowest BCUT2D eigenvalue weighted by atomic mass is 9.96. The second-order valence-corrected chi connectivity index (χ2v) is 7.90. The standard InChI is InChI=1S/C20H19N5O2S/c1-2-16(25-20(27)13-8-3-5-9-15(13)23-24-25)18(26)22-19-14(11-21)12-7-4-6-10-17(12)28-19/h3,5,8-9,16H,2,4,6-7,10H2,1H3,(H,22,26). The highest BCUT2D eigenvalue weighted by Crippen LogP contribution is 2.37. The summed E-state index contributed by atoms with van der Waals surface area (Å²) in [5, 5.41) is 21.5. The van der Waals surface area contributed by atoms with E-state index in [4.69, 9.17) is 0 Å². The highest BCUT2D eigenvalue weighted by Gasteiger charge is 2.26. The molecule has 1 unspecified atom stereocenters. The Morgan fingerprint density at radius 2 is 2.14 bits per heavy atom. The molecule has 0 saturated carbocycles. The number of hydrogen-bond acceptors (Lipinski definition) is 6. The molecule has 0 aliphatic heterocycles. The molecule has 1 amide bonds. The number of amides is 1. The van der Waals surface area contributed by atoms with Crippen molar-refractivity contribution in [3.05, 3.63) is 50.6 Å². The van der Waals surface area contributed by atoms with E-state index in [2.05, 4.69) is 21.7 Å². The molecule has 0 bridgehead atoms. The molecule has 8 heteroatoms. The Balaban J connectivity index is 1.68. The SMILES string of the molecule is CCC(C(=O)Nc1sc2c(c1C#N)CCCC2)n1nnc2ccccc2c1=O. The first kappa shape index (κ1) is 18.3. The molecule has 1 aromatic carbocycles. The molecular weight excluding hydrogens is 374 g/mol. The third-order valence-corrected chi connectivity index (χ3v) is 6.30. The normalized spacial score (nSPS) is 14.3. The van der Waals surface area contributed by atoms with Gasteiger partial charge in [-0.2, -0.15) is 9.94 Å². The van der Waals surface area contributed by atoms with E-state index in [1.54, 1.807) is 24.3 Å². The fraction of sp³-hybridized carbons (Fsp3) is 0.350. The van der Waals surface area contributed by atoms with Crippen LogP contribution >= 0.6 is 11.3 Å². The van der Waals surface area contributed by atoms with Crippen LogP contribution in [0.5, 0.6) is 0 Å². The zero-order valence-corrected chi connectivity index (χ0v) is 16.3. The van der Waals surface area contributed by atoms with Crippen molar-refractivity contribution in [2.24, 2.45) is 0 Å². The number of nitrogens with one attached hydrogen (secondary N) is 1. The van der Waals surface area contributed by atoms with E-state index in [0.717, 1.165) is 35.9 Å². The summed E-state index contributed by atoms with van der Waals surface area (Å²) in [4.78, 5) is 26.9. The topological polar surface area (TPSA) is 101 Å². The van der Waals surface area contributed by atoms with Crippen molar-refractivity contribution in [3.8, 4) is 6.07 Å². The Labute approximate surface area is 165 Å². The third kappa shape index (κ3) is 3.08. The summed E-state index contributed by atoms with van der Waals surface area (Å²) in [6, 6.07) is 8.37. The predicted octanol–water partition coefficient (Wildman–Crippen LogP) is 3.19. The van der Waals surface area contributed by atoms with Gasteiger partial charge in [-0.25, -0.2) is 0 Å². The maximum absolute atomic E-state index is 13.0. The number of rotatable bonds is 4. The number of aryl methyl sites for hydroxylation is 1. The van der Waals surface area contributed by atoms with Crippen molar-refractivity contribution in [3.63, 3.8) is 0 Å². The monoisotopic (exact) mass is 393 g/mol. The minimum absolute atomic E-state index is 0.349. The Kier molecular flexibility index (Phi) is 4.92. The fourth-order valence-electron chi connectivity index (χ4n) is 3.64. The molecule has 2 aromatic heterocycles. The van der Waals surface area contributed by atoms with Gasteiger partial charge in [0.05, 0.1) is 10.9 Å². The Morgan fingerprint density at radius 3 is 2.93 bits per heavy atom. The Morgan fingerprint density at radius 1 is 1.36 bits per heavy atom. The van der Waals surface area contributed by atoms with Crippen LogP contribution in [0.2, 0.25) is 0 Å². The first-order chi connectivity index (χ1) is 13.6. The van der Waals surface area contributed by atoms with Gasteiger partial charge in [-0.15, -0.1) is 16.4 Å². The van der Waals surface area contributed by atoms with Crippen molar-refractivity contribution in [2.45, 2.75) is 45.1 Å². The minimum Gasteiger partial charge on any atom is -0.315 e. The molecule has 28 heavy (non-hydrogen) atoms. The second-order valence-electron chi connectivity index (χ2n) is 6.80. The quantitative estimate of drug-likeness (QED) is 0.734. The number of anilines is 1. The summed E-state index contributed by atoms with van der Waals surface area (Å²) in [5.41, 5.74) is 1.76. The number of carbonyl (C=O) groups is 1. The third-order valence-electron chi connectivity index (χ3n) is 5.10. The lowest BCUT2D eigenvalue weighted by molar-refractivity contribution is -0.119. The van der Waals surface area contributed by atoms with Gasteiger partial charge in [-0.05, 0) is 49.8 Å². The average Bonchev–Trinajstić information content (AvgIpc) is 3.07. The van der Waals surface area contributed by atoms with Crippen molar-refractivity contribution >= 4 is 33.1 Å². The highest BCUT2D eigenvalue weighted by molar-refractivity contribution is 7.16. The number of nitriles is 1. The first-order valence-corrected chi connectivity index (χ1v) is 10.2. The van der Waals surface area contributed by atoms with Gasteiger partial charge in [0, 0.05) is 4.88 Å². The molecule has 2 heterocycles. The largest absolute Gasteiger partial charge is 0.315 e. The molecule has 1 atom stereocenters. The van der Waals surface area contributed by atoms with Crippen LogP contribution in [0.3, 0.4) is 0 Å². The highest BCUT2D eigenvalue weighted by atomic mass is 32.1. The van der Waals surface area contributed by atoms with Gasteiger partial charge < -0.3 is 5.32 Å². The number of hydrogen-bond donors (Lipinski definition) is 1. The van der Waals surface area contributed by atoms with Gasteiger partial charge in [0.1, 0.15) is 22.6 Å². The number of carbonyl (C=O) groups excluding carboxylic acids is 1. The summed E-state index contributed by atoms with van der Waals surface area (Å²) in [7, 11) is 0. The van der Waals surface area contributed by atoms with Crippen molar-refractivity contribution < 1.29 is 4.79 Å².